The van der Waals surface area contributed by atoms with Crippen LogP contribution < -0.4 is 10.6 Å². The van der Waals surface area contributed by atoms with Gasteiger partial charge in [0.05, 0.1) is 6.42 Å². The molecule has 1 atom stereocenters. The second-order valence-corrected chi connectivity index (χ2v) is 8.34. The SMILES string of the molecule is O=C(O)CC(NC(=O)OCC1c2ccccc2-c2ccccc21)C(=O)NCCCc1ccccn1. The van der Waals surface area contributed by atoms with E-state index in [1.807, 2.05) is 66.7 Å². The topological polar surface area (TPSA) is 118 Å². The molecular weight excluding hydrogens is 446 g/mol. The van der Waals surface area contributed by atoms with Gasteiger partial charge in [0.1, 0.15) is 12.6 Å². The van der Waals surface area contributed by atoms with Gasteiger partial charge in [0.15, 0.2) is 0 Å². The van der Waals surface area contributed by atoms with Gasteiger partial charge in [-0.15, -0.1) is 0 Å². The first-order valence-corrected chi connectivity index (χ1v) is 11.5. The number of benzene rings is 2. The van der Waals surface area contributed by atoms with Crippen molar-refractivity contribution in [1.82, 2.24) is 15.6 Å². The second kappa shape index (κ2) is 11.3. The van der Waals surface area contributed by atoms with Gasteiger partial charge in [0.25, 0.3) is 0 Å². The molecule has 4 rings (SSSR count). The van der Waals surface area contributed by atoms with Gasteiger partial charge >= 0.3 is 12.1 Å². The highest BCUT2D eigenvalue weighted by Crippen LogP contribution is 2.44. The Morgan fingerprint density at radius 2 is 1.60 bits per heavy atom. The maximum absolute atomic E-state index is 12.6. The number of ether oxygens (including phenoxy) is 1. The van der Waals surface area contributed by atoms with Crippen LogP contribution in [0.15, 0.2) is 72.9 Å². The number of hydrogen-bond donors (Lipinski definition) is 3. The lowest BCUT2D eigenvalue weighted by atomic mass is 9.98. The highest BCUT2D eigenvalue weighted by Gasteiger charge is 2.30. The van der Waals surface area contributed by atoms with Crippen LogP contribution in [0, 0.1) is 0 Å². The van der Waals surface area contributed by atoms with Gasteiger partial charge < -0.3 is 20.5 Å². The van der Waals surface area contributed by atoms with Crippen molar-refractivity contribution < 1.29 is 24.2 Å². The minimum atomic E-state index is -1.24. The number of aryl methyl sites for hydroxylation is 1. The summed E-state index contributed by atoms with van der Waals surface area (Å²) in [6, 6.07) is 20.3. The zero-order chi connectivity index (χ0) is 24.6. The van der Waals surface area contributed by atoms with Crippen LogP contribution in [0.1, 0.15) is 35.6 Å². The van der Waals surface area contributed by atoms with E-state index < -0.39 is 30.4 Å². The largest absolute Gasteiger partial charge is 0.481 e. The fraction of sp³-hybridized carbons (Fsp3) is 0.259. The standard InChI is InChI=1S/C27H27N3O5/c31-25(32)16-24(26(33)29-15-7-9-18-8-5-6-14-28-18)30-27(34)35-17-23-21-12-3-1-10-19(21)20-11-2-4-13-22(20)23/h1-6,8,10-14,23-24H,7,9,15-17H2,(H,29,33)(H,30,34)(H,31,32). The Bertz CT molecular complexity index is 1150. The van der Waals surface area contributed by atoms with Crippen LogP contribution in [-0.2, 0) is 20.7 Å². The summed E-state index contributed by atoms with van der Waals surface area (Å²) in [5.41, 5.74) is 5.24. The number of rotatable bonds is 10. The van der Waals surface area contributed by atoms with Crippen LogP contribution in [0.2, 0.25) is 0 Å². The molecule has 1 aromatic heterocycles. The van der Waals surface area contributed by atoms with E-state index >= 15 is 0 Å². The summed E-state index contributed by atoms with van der Waals surface area (Å²) in [5.74, 6) is -1.90. The summed E-state index contributed by atoms with van der Waals surface area (Å²) < 4.78 is 5.45. The molecule has 0 bridgehead atoms. The number of nitrogens with zero attached hydrogens (tertiary/aromatic N) is 1. The summed E-state index contributed by atoms with van der Waals surface area (Å²) in [7, 11) is 0. The van der Waals surface area contributed by atoms with E-state index in [0.29, 0.717) is 19.4 Å². The minimum absolute atomic E-state index is 0.0747. The maximum atomic E-state index is 12.6. The van der Waals surface area contributed by atoms with E-state index in [2.05, 4.69) is 15.6 Å². The first-order valence-electron chi connectivity index (χ1n) is 11.5. The highest BCUT2D eigenvalue weighted by molar-refractivity contribution is 5.89. The Morgan fingerprint density at radius 3 is 2.23 bits per heavy atom. The molecule has 35 heavy (non-hydrogen) atoms. The average Bonchev–Trinajstić information content (AvgIpc) is 3.19. The van der Waals surface area contributed by atoms with Crippen molar-refractivity contribution in [2.45, 2.75) is 31.2 Å². The number of carboxylic acids is 1. The van der Waals surface area contributed by atoms with E-state index in [1.165, 1.54) is 0 Å². The predicted octanol–water partition coefficient (Wildman–Crippen LogP) is 3.51. The first kappa shape index (κ1) is 23.9. The number of fused-ring (bicyclic) bond motifs is 3. The van der Waals surface area contributed by atoms with E-state index in [1.54, 1.807) is 6.20 Å². The van der Waals surface area contributed by atoms with Crippen molar-refractivity contribution in [1.29, 1.82) is 0 Å². The van der Waals surface area contributed by atoms with Crippen molar-refractivity contribution in [2.24, 2.45) is 0 Å². The van der Waals surface area contributed by atoms with Gasteiger partial charge in [-0.2, -0.15) is 0 Å². The monoisotopic (exact) mass is 473 g/mol. The number of amides is 2. The third-order valence-corrected chi connectivity index (χ3v) is 5.97. The van der Waals surface area contributed by atoms with Gasteiger partial charge in [0.2, 0.25) is 5.91 Å². The number of hydrogen-bond acceptors (Lipinski definition) is 5. The third kappa shape index (κ3) is 6.03. The molecule has 8 heteroatoms. The molecule has 0 saturated heterocycles. The lowest BCUT2D eigenvalue weighted by Gasteiger charge is -2.18. The molecular formula is C27H27N3O5. The Hall–Kier alpha value is -4.20. The lowest BCUT2D eigenvalue weighted by Crippen LogP contribution is -2.48. The van der Waals surface area contributed by atoms with Crippen molar-refractivity contribution in [2.75, 3.05) is 13.2 Å². The van der Waals surface area contributed by atoms with Crippen LogP contribution in [0.3, 0.4) is 0 Å². The number of alkyl carbamates (subject to hydrolysis) is 1. The van der Waals surface area contributed by atoms with Crippen LogP contribution in [0.25, 0.3) is 11.1 Å². The molecule has 0 spiro atoms. The van der Waals surface area contributed by atoms with E-state index in [9.17, 15) is 19.5 Å². The first-order chi connectivity index (χ1) is 17.0. The molecule has 0 aliphatic heterocycles. The van der Waals surface area contributed by atoms with Crippen LogP contribution in [0.4, 0.5) is 4.79 Å². The highest BCUT2D eigenvalue weighted by atomic mass is 16.5. The Balaban J connectivity index is 1.31. The summed E-state index contributed by atoms with van der Waals surface area (Å²) >= 11 is 0. The molecule has 8 nitrogen and oxygen atoms in total. The normalized spacial score (nSPS) is 12.8. The predicted molar refractivity (Wildman–Crippen MR) is 130 cm³/mol. The fourth-order valence-corrected chi connectivity index (χ4v) is 4.32. The molecule has 0 fully saturated rings. The van der Waals surface area contributed by atoms with Gasteiger partial charge in [-0.25, -0.2) is 4.79 Å². The summed E-state index contributed by atoms with van der Waals surface area (Å²) in [6.45, 7) is 0.406. The number of carboxylic acid groups (broad SMARTS) is 1. The van der Waals surface area contributed by atoms with Gasteiger partial charge in [-0.1, -0.05) is 54.6 Å². The molecule has 2 amide bonds. The molecule has 2 aromatic carbocycles. The maximum Gasteiger partial charge on any atom is 0.407 e. The van der Waals surface area contributed by atoms with Crippen molar-refractivity contribution in [3.05, 3.63) is 89.7 Å². The molecule has 180 valence electrons. The van der Waals surface area contributed by atoms with Crippen molar-refractivity contribution >= 4 is 18.0 Å². The molecule has 1 unspecified atom stereocenters. The molecule has 0 saturated carbocycles. The van der Waals surface area contributed by atoms with Crippen LogP contribution in [0.5, 0.6) is 0 Å². The van der Waals surface area contributed by atoms with E-state index in [4.69, 9.17) is 4.74 Å². The quantitative estimate of drug-likeness (QED) is 0.388. The molecule has 1 aliphatic carbocycles. The third-order valence-electron chi connectivity index (χ3n) is 5.97. The Labute approximate surface area is 203 Å². The number of aromatic nitrogens is 1. The number of nitrogens with one attached hydrogen (secondary N) is 2. The van der Waals surface area contributed by atoms with Crippen molar-refractivity contribution in [3.63, 3.8) is 0 Å². The van der Waals surface area contributed by atoms with Crippen LogP contribution >= 0.6 is 0 Å². The number of carbonyl (C=O) groups is 3. The zero-order valence-corrected chi connectivity index (χ0v) is 19.1. The van der Waals surface area contributed by atoms with Crippen molar-refractivity contribution in [3.8, 4) is 11.1 Å². The average molecular weight is 474 g/mol. The van der Waals surface area contributed by atoms with Gasteiger partial charge in [-0.3, -0.25) is 14.6 Å². The smallest absolute Gasteiger partial charge is 0.407 e. The molecule has 3 N–H and O–H groups in total. The van der Waals surface area contributed by atoms with Gasteiger partial charge in [0, 0.05) is 24.4 Å². The zero-order valence-electron chi connectivity index (χ0n) is 19.1. The summed E-state index contributed by atoms with van der Waals surface area (Å²) in [5, 5.41) is 14.3. The van der Waals surface area contributed by atoms with Crippen LogP contribution in [-0.4, -0.2) is 47.3 Å². The van der Waals surface area contributed by atoms with Gasteiger partial charge in [-0.05, 0) is 47.2 Å². The molecule has 3 aromatic rings. The molecule has 1 heterocycles. The molecule has 1 aliphatic rings. The Morgan fingerprint density at radius 1 is 0.943 bits per heavy atom. The molecule has 0 radical (unpaired) electrons. The second-order valence-electron chi connectivity index (χ2n) is 8.34. The summed E-state index contributed by atoms with van der Waals surface area (Å²) in [6.07, 6.45) is 1.63. The summed E-state index contributed by atoms with van der Waals surface area (Å²) in [4.78, 5) is 40.6. The fourth-order valence-electron chi connectivity index (χ4n) is 4.32. The minimum Gasteiger partial charge on any atom is -0.481 e. The number of pyridine rings is 1. The lowest BCUT2D eigenvalue weighted by molar-refractivity contribution is -0.139. The number of aliphatic carboxylic acids is 1. The Kier molecular flexibility index (Phi) is 7.72. The van der Waals surface area contributed by atoms with E-state index in [-0.39, 0.29) is 12.5 Å². The van der Waals surface area contributed by atoms with E-state index in [0.717, 1.165) is 27.9 Å². The number of carbonyl (C=O) groups excluding carboxylic acids is 2.